The van der Waals surface area contributed by atoms with Gasteiger partial charge < -0.3 is 4.42 Å². The van der Waals surface area contributed by atoms with Gasteiger partial charge in [0, 0.05) is 21.7 Å². The molecule has 20 heavy (non-hydrogen) atoms. The molecule has 100 valence electrons. The first kappa shape index (κ1) is 13.5. The Kier molecular flexibility index (Phi) is 3.68. The summed E-state index contributed by atoms with van der Waals surface area (Å²) in [6, 6.07) is 18.0. The van der Waals surface area contributed by atoms with Gasteiger partial charge in [0.2, 0.25) is 0 Å². The number of halogens is 2. The summed E-state index contributed by atoms with van der Waals surface area (Å²) in [5, 5.41) is 0.631. The maximum absolute atomic E-state index is 6.30. The second-order valence-electron chi connectivity index (χ2n) is 4.66. The molecule has 1 aromatic heterocycles. The minimum Gasteiger partial charge on any atom is -0.454 e. The lowest BCUT2D eigenvalue weighted by Crippen LogP contribution is -1.76. The maximum Gasteiger partial charge on any atom is 0.153 e. The highest BCUT2D eigenvalue weighted by molar-refractivity contribution is 9.10. The molecule has 0 fully saturated rings. The lowest BCUT2D eigenvalue weighted by Gasteiger charge is -2.00. The van der Waals surface area contributed by atoms with Crippen molar-refractivity contribution >= 4 is 27.5 Å². The van der Waals surface area contributed by atoms with Crippen LogP contribution in [0.15, 0.2) is 63.5 Å². The Balaban J connectivity index is 2.02. The molecule has 0 unspecified atom stereocenters. The van der Waals surface area contributed by atoms with Crippen molar-refractivity contribution in [3.05, 3.63) is 69.7 Å². The predicted molar refractivity (Wildman–Crippen MR) is 87.0 cm³/mol. The molecule has 1 nitrogen and oxygen atoms in total. The zero-order valence-electron chi connectivity index (χ0n) is 10.9. The first-order valence-corrected chi connectivity index (χ1v) is 7.43. The number of aryl methyl sites for hydroxylation is 1. The normalized spacial score (nSPS) is 10.8. The fourth-order valence-corrected chi connectivity index (χ4v) is 2.54. The Labute approximate surface area is 131 Å². The monoisotopic (exact) mass is 346 g/mol. The highest BCUT2D eigenvalue weighted by atomic mass is 79.9. The van der Waals surface area contributed by atoms with Gasteiger partial charge in [0.25, 0.3) is 0 Å². The molecule has 3 heteroatoms. The number of rotatable bonds is 2. The SMILES string of the molecule is Cc1ccc(-c2oc(-c3ccc(Br)cc3)cc2Cl)cc1. The highest BCUT2D eigenvalue weighted by Crippen LogP contribution is 2.36. The number of hydrogen-bond acceptors (Lipinski definition) is 1. The van der Waals surface area contributed by atoms with Crippen molar-refractivity contribution in [3.8, 4) is 22.6 Å². The molecular formula is C17H12BrClO. The standard InChI is InChI=1S/C17H12BrClO/c1-11-2-4-13(5-3-11)17-15(19)10-16(20-17)12-6-8-14(18)9-7-12/h2-10H,1H3. The predicted octanol–water partition coefficient (Wildman–Crippen LogP) is 6.34. The van der Waals surface area contributed by atoms with Crippen LogP contribution in [0.4, 0.5) is 0 Å². The summed E-state index contributed by atoms with van der Waals surface area (Å²) in [5.41, 5.74) is 3.21. The Morgan fingerprint density at radius 3 is 2.15 bits per heavy atom. The number of furan rings is 1. The smallest absolute Gasteiger partial charge is 0.153 e. The second-order valence-corrected chi connectivity index (χ2v) is 5.98. The largest absolute Gasteiger partial charge is 0.454 e. The topological polar surface area (TPSA) is 13.1 Å². The maximum atomic E-state index is 6.30. The molecule has 3 rings (SSSR count). The summed E-state index contributed by atoms with van der Waals surface area (Å²) in [7, 11) is 0. The average Bonchev–Trinajstić information content (AvgIpc) is 2.82. The number of benzene rings is 2. The van der Waals surface area contributed by atoms with Gasteiger partial charge in [0.05, 0.1) is 5.02 Å². The van der Waals surface area contributed by atoms with E-state index in [1.165, 1.54) is 5.56 Å². The fraction of sp³-hybridized carbons (Fsp3) is 0.0588. The van der Waals surface area contributed by atoms with Crippen molar-refractivity contribution in [2.24, 2.45) is 0 Å². The minimum atomic E-state index is 0.631. The molecule has 0 bridgehead atoms. The van der Waals surface area contributed by atoms with E-state index in [1.54, 1.807) is 0 Å². The van der Waals surface area contributed by atoms with Crippen molar-refractivity contribution in [2.75, 3.05) is 0 Å². The molecule has 0 saturated heterocycles. The summed E-state index contributed by atoms with van der Waals surface area (Å²) in [4.78, 5) is 0. The third-order valence-corrected chi connectivity index (χ3v) is 3.94. The van der Waals surface area contributed by atoms with E-state index in [-0.39, 0.29) is 0 Å². The van der Waals surface area contributed by atoms with Gasteiger partial charge in [0.1, 0.15) is 5.76 Å². The van der Waals surface area contributed by atoms with Crippen LogP contribution in [-0.4, -0.2) is 0 Å². The van der Waals surface area contributed by atoms with Crippen LogP contribution in [-0.2, 0) is 0 Å². The van der Waals surface area contributed by atoms with Crippen molar-refractivity contribution < 1.29 is 4.42 Å². The van der Waals surface area contributed by atoms with E-state index in [4.69, 9.17) is 16.0 Å². The Morgan fingerprint density at radius 2 is 1.50 bits per heavy atom. The van der Waals surface area contributed by atoms with Crippen LogP contribution in [0.2, 0.25) is 5.02 Å². The van der Waals surface area contributed by atoms with Gasteiger partial charge in [-0.05, 0) is 19.1 Å². The van der Waals surface area contributed by atoms with Gasteiger partial charge in [-0.3, -0.25) is 0 Å². The quantitative estimate of drug-likeness (QED) is 0.527. The molecule has 1 heterocycles. The minimum absolute atomic E-state index is 0.631. The van der Waals surface area contributed by atoms with Crippen LogP contribution in [0.25, 0.3) is 22.6 Å². The summed E-state index contributed by atoms with van der Waals surface area (Å²) >= 11 is 9.72. The molecule has 0 amide bonds. The summed E-state index contributed by atoms with van der Waals surface area (Å²) < 4.78 is 6.96. The lowest BCUT2D eigenvalue weighted by atomic mass is 10.1. The van der Waals surface area contributed by atoms with Gasteiger partial charge in [-0.25, -0.2) is 0 Å². The Bertz CT molecular complexity index is 727. The van der Waals surface area contributed by atoms with Gasteiger partial charge in [-0.1, -0.05) is 69.5 Å². The fourth-order valence-electron chi connectivity index (χ4n) is 2.03. The highest BCUT2D eigenvalue weighted by Gasteiger charge is 2.12. The van der Waals surface area contributed by atoms with E-state index in [2.05, 4.69) is 22.9 Å². The third-order valence-electron chi connectivity index (χ3n) is 3.13. The van der Waals surface area contributed by atoms with Crippen molar-refractivity contribution in [3.63, 3.8) is 0 Å². The van der Waals surface area contributed by atoms with Gasteiger partial charge >= 0.3 is 0 Å². The van der Waals surface area contributed by atoms with Crippen LogP contribution in [0.5, 0.6) is 0 Å². The lowest BCUT2D eigenvalue weighted by molar-refractivity contribution is 0.597. The van der Waals surface area contributed by atoms with Crippen LogP contribution in [0.1, 0.15) is 5.56 Å². The molecule has 2 aromatic carbocycles. The van der Waals surface area contributed by atoms with Crippen LogP contribution < -0.4 is 0 Å². The van der Waals surface area contributed by atoms with E-state index < -0.39 is 0 Å². The van der Waals surface area contributed by atoms with Crippen molar-refractivity contribution in [1.82, 2.24) is 0 Å². The third kappa shape index (κ3) is 2.67. The first-order valence-electron chi connectivity index (χ1n) is 6.26. The van der Waals surface area contributed by atoms with E-state index in [0.717, 1.165) is 21.4 Å². The summed E-state index contributed by atoms with van der Waals surface area (Å²) in [5.74, 6) is 1.49. The average molecular weight is 348 g/mol. The molecule has 0 saturated carbocycles. The Morgan fingerprint density at radius 1 is 0.900 bits per heavy atom. The van der Waals surface area contributed by atoms with Crippen LogP contribution in [0, 0.1) is 6.92 Å². The molecule has 0 spiro atoms. The molecule has 0 N–H and O–H groups in total. The van der Waals surface area contributed by atoms with Gasteiger partial charge in [0.15, 0.2) is 5.76 Å². The molecule has 0 aliphatic carbocycles. The molecule has 3 aromatic rings. The summed E-state index contributed by atoms with van der Waals surface area (Å²) in [6.45, 7) is 2.06. The molecule has 0 aliphatic rings. The zero-order chi connectivity index (χ0) is 14.1. The van der Waals surface area contributed by atoms with Crippen molar-refractivity contribution in [2.45, 2.75) is 6.92 Å². The van der Waals surface area contributed by atoms with Crippen LogP contribution >= 0.6 is 27.5 Å². The number of hydrogen-bond donors (Lipinski definition) is 0. The molecule has 0 atom stereocenters. The molecular weight excluding hydrogens is 336 g/mol. The van der Waals surface area contributed by atoms with Gasteiger partial charge in [-0.15, -0.1) is 0 Å². The van der Waals surface area contributed by atoms with E-state index >= 15 is 0 Å². The zero-order valence-corrected chi connectivity index (χ0v) is 13.2. The summed E-state index contributed by atoms with van der Waals surface area (Å²) in [6.07, 6.45) is 0. The molecule has 0 radical (unpaired) electrons. The first-order chi connectivity index (χ1) is 9.63. The molecule has 0 aliphatic heterocycles. The van der Waals surface area contributed by atoms with Crippen molar-refractivity contribution in [1.29, 1.82) is 0 Å². The van der Waals surface area contributed by atoms with E-state index in [9.17, 15) is 0 Å². The van der Waals surface area contributed by atoms with E-state index in [1.807, 2.05) is 54.6 Å². The van der Waals surface area contributed by atoms with Crippen LogP contribution in [0.3, 0.4) is 0 Å². The van der Waals surface area contributed by atoms with Gasteiger partial charge in [-0.2, -0.15) is 0 Å². The second kappa shape index (κ2) is 5.47. The Hall–Kier alpha value is -1.51. The van der Waals surface area contributed by atoms with E-state index in [0.29, 0.717) is 10.8 Å².